The van der Waals surface area contributed by atoms with Crippen LogP contribution in [0.2, 0.25) is 5.04 Å². The zero-order valence-corrected chi connectivity index (χ0v) is 24.9. The highest BCUT2D eigenvalue weighted by molar-refractivity contribution is 6.99. The van der Waals surface area contributed by atoms with Gasteiger partial charge < -0.3 is 24.4 Å². The molecule has 0 saturated carbocycles. The van der Waals surface area contributed by atoms with Crippen molar-refractivity contribution < 1.29 is 18.6 Å². The maximum atomic E-state index is 10.8. The molecule has 0 bridgehead atoms. The summed E-state index contributed by atoms with van der Waals surface area (Å²) < 4.78 is 28.4. The standard InChI is InChI=1S/C31H35N5O4Si/c1-29(2,3)41(21-12-8-6-9-13-21,22-14-10-7-11-15-22)37-19-31(18-32)27-26(38-30(4,5)40-27)25(39-31)23-16-17-24-28(33)34-20-35-36(23)24/h6-17,20,25-27H,19H2,1-5H3,(H2,33,34,35)/t25-,26-,27-,31+/m0/s1. The van der Waals surface area contributed by atoms with Crippen LogP contribution >= 0.6 is 0 Å². The van der Waals surface area contributed by atoms with Gasteiger partial charge in [0.15, 0.2) is 11.6 Å². The molecule has 2 N–H and O–H groups in total. The van der Waals surface area contributed by atoms with E-state index in [9.17, 15) is 5.26 Å². The molecule has 2 fully saturated rings. The summed E-state index contributed by atoms with van der Waals surface area (Å²) >= 11 is 0. The molecule has 4 aromatic rings. The number of anilines is 1. The Balaban J connectivity index is 1.45. The third kappa shape index (κ3) is 4.36. The fourth-order valence-electron chi connectivity index (χ4n) is 6.36. The summed E-state index contributed by atoms with van der Waals surface area (Å²) in [4.78, 5) is 4.10. The second kappa shape index (κ2) is 9.75. The maximum Gasteiger partial charge on any atom is 0.261 e. The van der Waals surface area contributed by atoms with Crippen LogP contribution in [0.4, 0.5) is 5.82 Å². The van der Waals surface area contributed by atoms with Crippen LogP contribution in [0, 0.1) is 11.3 Å². The van der Waals surface area contributed by atoms with Crippen LogP contribution in [-0.2, 0) is 18.6 Å². The van der Waals surface area contributed by atoms with Gasteiger partial charge in [0.1, 0.15) is 36.2 Å². The first-order chi connectivity index (χ1) is 19.5. The van der Waals surface area contributed by atoms with E-state index < -0.39 is 38.0 Å². The lowest BCUT2D eigenvalue weighted by molar-refractivity contribution is -0.204. The predicted molar refractivity (Wildman–Crippen MR) is 157 cm³/mol. The fraction of sp³-hybridized carbons (Fsp3) is 0.387. The monoisotopic (exact) mass is 569 g/mol. The minimum absolute atomic E-state index is 0.00564. The zero-order valence-electron chi connectivity index (χ0n) is 23.9. The van der Waals surface area contributed by atoms with Crippen molar-refractivity contribution in [2.24, 2.45) is 0 Å². The van der Waals surface area contributed by atoms with Crippen molar-refractivity contribution in [2.45, 2.75) is 69.4 Å². The van der Waals surface area contributed by atoms with Gasteiger partial charge in [0.2, 0.25) is 5.60 Å². The quantitative estimate of drug-likeness (QED) is 0.349. The van der Waals surface area contributed by atoms with Gasteiger partial charge in [-0.05, 0) is 41.4 Å². The number of aromatic nitrogens is 3. The first-order valence-electron chi connectivity index (χ1n) is 13.8. The number of nitriles is 1. The number of hydrogen-bond donors (Lipinski definition) is 1. The van der Waals surface area contributed by atoms with E-state index in [0.29, 0.717) is 17.0 Å². The molecular formula is C31H35N5O4Si. The van der Waals surface area contributed by atoms with Crippen molar-refractivity contribution in [3.05, 3.63) is 84.8 Å². The molecule has 4 heterocycles. The number of fused-ring (bicyclic) bond motifs is 2. The number of ether oxygens (including phenoxy) is 3. The van der Waals surface area contributed by atoms with Crippen molar-refractivity contribution in [2.75, 3.05) is 12.3 Å². The normalized spacial score (nSPS) is 25.7. The van der Waals surface area contributed by atoms with E-state index in [1.807, 2.05) is 62.4 Å². The lowest BCUT2D eigenvalue weighted by atomic mass is 9.96. The molecule has 2 aromatic heterocycles. The van der Waals surface area contributed by atoms with Crippen molar-refractivity contribution in [3.8, 4) is 6.07 Å². The zero-order chi connectivity index (χ0) is 29.0. The largest absolute Gasteiger partial charge is 0.403 e. The number of nitrogens with two attached hydrogens (primary N) is 1. The predicted octanol–water partition coefficient (Wildman–Crippen LogP) is 3.74. The molecule has 0 aliphatic carbocycles. The fourth-order valence-corrected chi connectivity index (χ4v) is 11.0. The van der Waals surface area contributed by atoms with E-state index in [1.54, 1.807) is 4.52 Å². The average Bonchev–Trinajstić information content (AvgIpc) is 3.60. The van der Waals surface area contributed by atoms with Gasteiger partial charge in [-0.25, -0.2) is 9.50 Å². The molecule has 41 heavy (non-hydrogen) atoms. The van der Waals surface area contributed by atoms with Crippen LogP contribution < -0.4 is 16.1 Å². The van der Waals surface area contributed by atoms with E-state index in [-0.39, 0.29) is 11.6 Å². The molecule has 212 valence electrons. The lowest BCUT2D eigenvalue weighted by Crippen LogP contribution is -2.68. The van der Waals surface area contributed by atoms with E-state index in [2.05, 4.69) is 61.2 Å². The van der Waals surface area contributed by atoms with Gasteiger partial charge >= 0.3 is 0 Å². The molecule has 2 saturated heterocycles. The first kappa shape index (κ1) is 27.6. The topological polar surface area (TPSA) is 117 Å². The second-order valence-corrected chi connectivity index (χ2v) is 16.5. The molecule has 6 rings (SSSR count). The van der Waals surface area contributed by atoms with Gasteiger partial charge in [-0.15, -0.1) is 0 Å². The van der Waals surface area contributed by atoms with Gasteiger partial charge in [-0.2, -0.15) is 10.4 Å². The third-order valence-electron chi connectivity index (χ3n) is 8.14. The van der Waals surface area contributed by atoms with Crippen LogP contribution in [0.3, 0.4) is 0 Å². The number of benzene rings is 2. The summed E-state index contributed by atoms with van der Waals surface area (Å²) in [5.74, 6) is -0.566. The van der Waals surface area contributed by atoms with E-state index in [1.165, 1.54) is 6.33 Å². The van der Waals surface area contributed by atoms with E-state index in [4.69, 9.17) is 24.4 Å². The van der Waals surface area contributed by atoms with Crippen molar-refractivity contribution in [1.82, 2.24) is 14.6 Å². The van der Waals surface area contributed by atoms with Crippen LogP contribution in [0.25, 0.3) is 5.52 Å². The van der Waals surface area contributed by atoms with Crippen molar-refractivity contribution >= 4 is 30.0 Å². The molecule has 0 radical (unpaired) electrons. The van der Waals surface area contributed by atoms with Crippen molar-refractivity contribution in [3.63, 3.8) is 0 Å². The van der Waals surface area contributed by atoms with Gasteiger partial charge in [0.05, 0.1) is 12.3 Å². The second-order valence-electron chi connectivity index (χ2n) is 12.2. The molecule has 4 atom stereocenters. The summed E-state index contributed by atoms with van der Waals surface area (Å²) in [6.07, 6.45) is -0.518. The third-order valence-corrected chi connectivity index (χ3v) is 13.1. The molecule has 2 aliphatic heterocycles. The Hall–Kier alpha value is -3.59. The maximum absolute atomic E-state index is 10.8. The summed E-state index contributed by atoms with van der Waals surface area (Å²) in [5.41, 5.74) is 6.02. The first-order valence-corrected chi connectivity index (χ1v) is 15.7. The number of rotatable bonds is 6. The molecule has 0 amide bonds. The Kier molecular flexibility index (Phi) is 6.56. The van der Waals surface area contributed by atoms with Crippen LogP contribution in [0.15, 0.2) is 79.1 Å². The summed E-state index contributed by atoms with van der Waals surface area (Å²) in [6, 6.07) is 26.9. The Morgan fingerprint density at radius 1 is 0.976 bits per heavy atom. The van der Waals surface area contributed by atoms with E-state index >= 15 is 0 Å². The Bertz CT molecular complexity index is 1560. The molecule has 0 unspecified atom stereocenters. The lowest BCUT2D eigenvalue weighted by Gasteiger charge is -2.44. The highest BCUT2D eigenvalue weighted by Crippen LogP contribution is 2.51. The summed E-state index contributed by atoms with van der Waals surface area (Å²) in [5, 5.41) is 17.2. The van der Waals surface area contributed by atoms with Crippen LogP contribution in [-0.4, -0.2) is 53.1 Å². The summed E-state index contributed by atoms with van der Waals surface area (Å²) in [6.45, 7) is 10.3. The Morgan fingerprint density at radius 2 is 1.61 bits per heavy atom. The van der Waals surface area contributed by atoms with Gasteiger partial charge in [-0.1, -0.05) is 81.4 Å². The Labute approximate surface area is 240 Å². The average molecular weight is 570 g/mol. The van der Waals surface area contributed by atoms with Crippen LogP contribution in [0.1, 0.15) is 46.4 Å². The minimum atomic E-state index is -2.97. The highest BCUT2D eigenvalue weighted by atomic mass is 28.4. The van der Waals surface area contributed by atoms with E-state index in [0.717, 1.165) is 10.4 Å². The SMILES string of the molecule is CC1(C)O[C@H]2[C@H](c3ccc4c(N)ncnn34)O[C@](C#N)(CO[Si](c3ccccc3)(c3ccccc3)C(C)(C)C)[C@H]2O1. The van der Waals surface area contributed by atoms with Gasteiger partial charge in [-0.3, -0.25) is 0 Å². The molecular weight excluding hydrogens is 534 g/mol. The van der Waals surface area contributed by atoms with Gasteiger partial charge in [0.25, 0.3) is 8.32 Å². The molecule has 2 aromatic carbocycles. The summed E-state index contributed by atoms with van der Waals surface area (Å²) in [7, 11) is -2.97. The number of hydrogen-bond acceptors (Lipinski definition) is 8. The Morgan fingerprint density at radius 3 is 2.20 bits per heavy atom. The number of nitrogen functional groups attached to an aromatic ring is 1. The highest BCUT2D eigenvalue weighted by Gasteiger charge is 2.65. The van der Waals surface area contributed by atoms with Gasteiger partial charge in [0, 0.05) is 0 Å². The molecule has 0 spiro atoms. The number of nitrogens with zero attached hydrogens (tertiary/aromatic N) is 4. The molecule has 10 heteroatoms. The molecule has 9 nitrogen and oxygen atoms in total. The smallest absolute Gasteiger partial charge is 0.261 e. The van der Waals surface area contributed by atoms with Crippen molar-refractivity contribution in [1.29, 1.82) is 5.26 Å². The minimum Gasteiger partial charge on any atom is -0.403 e. The van der Waals surface area contributed by atoms with Crippen LogP contribution in [0.5, 0.6) is 0 Å². The molecule has 2 aliphatic rings.